The molecule has 3 N–H and O–H groups in total. The van der Waals surface area contributed by atoms with Crippen molar-refractivity contribution in [3.8, 4) is 5.75 Å². The summed E-state index contributed by atoms with van der Waals surface area (Å²) >= 11 is 0. The van der Waals surface area contributed by atoms with Crippen LogP contribution in [0.3, 0.4) is 0 Å². The number of nitrogens with one attached hydrogen (secondary N) is 1. The van der Waals surface area contributed by atoms with Crippen LogP contribution >= 0.6 is 0 Å². The molecule has 0 aliphatic heterocycles. The smallest absolute Gasteiger partial charge is 0.255 e. The Bertz CT molecular complexity index is 400. The Balaban J connectivity index is 2.16. The van der Waals surface area contributed by atoms with Crippen molar-refractivity contribution >= 4 is 11.6 Å². The van der Waals surface area contributed by atoms with Crippen LogP contribution in [0.5, 0.6) is 5.75 Å². The molecule has 0 spiro atoms. The molecule has 0 bridgehead atoms. The predicted octanol–water partition coefficient (Wildman–Crippen LogP) is 1.56. The van der Waals surface area contributed by atoms with Gasteiger partial charge in [0.05, 0.1) is 12.7 Å². The normalized spacial score (nSPS) is 15.3. The Kier molecular flexibility index (Phi) is 2.99. The van der Waals surface area contributed by atoms with Gasteiger partial charge in [0, 0.05) is 11.7 Å². The van der Waals surface area contributed by atoms with Gasteiger partial charge in [-0.2, -0.15) is 0 Å². The van der Waals surface area contributed by atoms with Gasteiger partial charge >= 0.3 is 0 Å². The average molecular weight is 220 g/mol. The number of hydrogen-bond donors (Lipinski definition) is 2. The molecule has 4 heteroatoms. The van der Waals surface area contributed by atoms with Crippen molar-refractivity contribution in [2.75, 3.05) is 12.8 Å². The van der Waals surface area contributed by atoms with Gasteiger partial charge in [0.1, 0.15) is 5.75 Å². The van der Waals surface area contributed by atoms with Crippen molar-refractivity contribution in [3.63, 3.8) is 0 Å². The molecular weight excluding hydrogens is 204 g/mol. The third kappa shape index (κ3) is 2.10. The van der Waals surface area contributed by atoms with Crippen LogP contribution in [0.15, 0.2) is 18.2 Å². The minimum Gasteiger partial charge on any atom is -0.496 e. The second-order valence-corrected chi connectivity index (χ2v) is 4.06. The fraction of sp³-hybridized carbons (Fsp3) is 0.417. The molecule has 86 valence electrons. The van der Waals surface area contributed by atoms with E-state index in [0.29, 0.717) is 23.0 Å². The van der Waals surface area contributed by atoms with E-state index in [-0.39, 0.29) is 5.91 Å². The van der Waals surface area contributed by atoms with Gasteiger partial charge in [-0.25, -0.2) is 0 Å². The SMILES string of the molecule is COc1ccc(N)cc1C(=O)NC1CCC1. The summed E-state index contributed by atoms with van der Waals surface area (Å²) in [6, 6.07) is 5.40. The minimum absolute atomic E-state index is 0.103. The highest BCUT2D eigenvalue weighted by molar-refractivity contribution is 5.98. The molecule has 2 rings (SSSR count). The van der Waals surface area contributed by atoms with Crippen LogP contribution in [-0.2, 0) is 0 Å². The summed E-state index contributed by atoms with van der Waals surface area (Å²) in [7, 11) is 1.55. The van der Waals surface area contributed by atoms with E-state index in [1.54, 1.807) is 25.3 Å². The van der Waals surface area contributed by atoms with E-state index in [9.17, 15) is 4.79 Å². The second kappa shape index (κ2) is 4.43. The number of methoxy groups -OCH3 is 1. The van der Waals surface area contributed by atoms with E-state index in [0.717, 1.165) is 12.8 Å². The summed E-state index contributed by atoms with van der Waals surface area (Å²) in [5, 5.41) is 2.96. The monoisotopic (exact) mass is 220 g/mol. The van der Waals surface area contributed by atoms with Gasteiger partial charge in [-0.05, 0) is 37.5 Å². The quantitative estimate of drug-likeness (QED) is 0.760. The number of carbonyl (C=O) groups excluding carboxylic acids is 1. The van der Waals surface area contributed by atoms with Crippen molar-refractivity contribution < 1.29 is 9.53 Å². The molecule has 1 fully saturated rings. The molecule has 1 aliphatic rings. The molecule has 0 saturated heterocycles. The molecule has 0 radical (unpaired) electrons. The summed E-state index contributed by atoms with van der Waals surface area (Å²) < 4.78 is 5.14. The minimum atomic E-state index is -0.103. The van der Waals surface area contributed by atoms with E-state index in [1.165, 1.54) is 6.42 Å². The molecule has 0 atom stereocenters. The van der Waals surface area contributed by atoms with Gasteiger partial charge in [0.15, 0.2) is 0 Å². The molecule has 1 aliphatic carbocycles. The topological polar surface area (TPSA) is 64.3 Å². The van der Waals surface area contributed by atoms with Gasteiger partial charge < -0.3 is 15.8 Å². The van der Waals surface area contributed by atoms with Crippen LogP contribution < -0.4 is 15.8 Å². The maximum Gasteiger partial charge on any atom is 0.255 e. The van der Waals surface area contributed by atoms with Crippen molar-refractivity contribution in [2.24, 2.45) is 0 Å². The molecule has 0 unspecified atom stereocenters. The molecule has 4 nitrogen and oxygen atoms in total. The average Bonchev–Trinajstić information content (AvgIpc) is 2.23. The maximum absolute atomic E-state index is 11.9. The third-order valence-corrected chi connectivity index (χ3v) is 2.91. The Morgan fingerprint density at radius 3 is 2.81 bits per heavy atom. The molecule has 0 heterocycles. The van der Waals surface area contributed by atoms with Gasteiger partial charge in [0.2, 0.25) is 0 Å². The number of amides is 1. The molecule has 1 aromatic rings. The number of anilines is 1. The molecule has 0 aromatic heterocycles. The van der Waals surface area contributed by atoms with E-state index in [2.05, 4.69) is 5.32 Å². The Labute approximate surface area is 94.8 Å². The Morgan fingerprint density at radius 1 is 1.50 bits per heavy atom. The lowest BCUT2D eigenvalue weighted by atomic mass is 9.93. The summed E-state index contributed by atoms with van der Waals surface area (Å²) in [5.74, 6) is 0.458. The lowest BCUT2D eigenvalue weighted by Crippen LogP contribution is -2.39. The van der Waals surface area contributed by atoms with Crippen molar-refractivity contribution in [2.45, 2.75) is 25.3 Å². The second-order valence-electron chi connectivity index (χ2n) is 4.06. The van der Waals surface area contributed by atoms with Crippen LogP contribution in [0.1, 0.15) is 29.6 Å². The van der Waals surface area contributed by atoms with Gasteiger partial charge in [-0.15, -0.1) is 0 Å². The molecule has 16 heavy (non-hydrogen) atoms. The number of hydrogen-bond acceptors (Lipinski definition) is 3. The molecule has 1 aromatic carbocycles. The Morgan fingerprint density at radius 2 is 2.25 bits per heavy atom. The van der Waals surface area contributed by atoms with Crippen LogP contribution in [0, 0.1) is 0 Å². The fourth-order valence-electron chi connectivity index (χ4n) is 1.72. The summed E-state index contributed by atoms with van der Waals surface area (Å²) in [6.07, 6.45) is 3.33. The van der Waals surface area contributed by atoms with E-state index in [1.807, 2.05) is 0 Å². The van der Waals surface area contributed by atoms with E-state index in [4.69, 9.17) is 10.5 Å². The zero-order valence-electron chi connectivity index (χ0n) is 9.32. The lowest BCUT2D eigenvalue weighted by molar-refractivity contribution is 0.0914. The van der Waals surface area contributed by atoms with Gasteiger partial charge in [0.25, 0.3) is 5.91 Å². The first-order chi connectivity index (χ1) is 7.70. The standard InChI is InChI=1S/C12H16N2O2/c1-16-11-6-5-8(13)7-10(11)12(15)14-9-3-2-4-9/h5-7,9H,2-4,13H2,1H3,(H,14,15). The summed E-state index contributed by atoms with van der Waals surface area (Å²) in [6.45, 7) is 0. The van der Waals surface area contributed by atoms with Crippen molar-refractivity contribution in [3.05, 3.63) is 23.8 Å². The number of ether oxygens (including phenoxy) is 1. The van der Waals surface area contributed by atoms with Crippen LogP contribution in [0.4, 0.5) is 5.69 Å². The summed E-state index contributed by atoms with van der Waals surface area (Å²) in [5.41, 5.74) is 6.74. The molecule has 1 amide bonds. The first-order valence-electron chi connectivity index (χ1n) is 5.45. The first-order valence-corrected chi connectivity index (χ1v) is 5.45. The van der Waals surface area contributed by atoms with Crippen molar-refractivity contribution in [1.82, 2.24) is 5.32 Å². The zero-order chi connectivity index (χ0) is 11.5. The number of carbonyl (C=O) groups is 1. The number of nitrogens with two attached hydrogens (primary N) is 1. The van der Waals surface area contributed by atoms with E-state index < -0.39 is 0 Å². The third-order valence-electron chi connectivity index (χ3n) is 2.91. The highest BCUT2D eigenvalue weighted by atomic mass is 16.5. The summed E-state index contributed by atoms with van der Waals surface area (Å²) in [4.78, 5) is 11.9. The largest absolute Gasteiger partial charge is 0.496 e. The first kappa shape index (κ1) is 10.8. The maximum atomic E-state index is 11.9. The number of benzene rings is 1. The fourth-order valence-corrected chi connectivity index (χ4v) is 1.72. The van der Waals surface area contributed by atoms with Gasteiger partial charge in [-0.1, -0.05) is 0 Å². The van der Waals surface area contributed by atoms with Crippen LogP contribution in [0.25, 0.3) is 0 Å². The number of rotatable bonds is 3. The molecule has 1 saturated carbocycles. The van der Waals surface area contributed by atoms with Gasteiger partial charge in [-0.3, -0.25) is 4.79 Å². The number of nitrogen functional groups attached to an aromatic ring is 1. The Hall–Kier alpha value is -1.71. The zero-order valence-corrected chi connectivity index (χ0v) is 9.32. The van der Waals surface area contributed by atoms with E-state index >= 15 is 0 Å². The predicted molar refractivity (Wildman–Crippen MR) is 62.5 cm³/mol. The highest BCUT2D eigenvalue weighted by Gasteiger charge is 2.21. The van der Waals surface area contributed by atoms with Crippen molar-refractivity contribution in [1.29, 1.82) is 0 Å². The lowest BCUT2D eigenvalue weighted by Gasteiger charge is -2.26. The highest BCUT2D eigenvalue weighted by Crippen LogP contribution is 2.23. The molecular formula is C12H16N2O2. The van der Waals surface area contributed by atoms with Crippen LogP contribution in [-0.4, -0.2) is 19.1 Å². The van der Waals surface area contributed by atoms with Crippen LogP contribution in [0.2, 0.25) is 0 Å².